The first-order valence-corrected chi connectivity index (χ1v) is 10.6. The number of amides is 1. The van der Waals surface area contributed by atoms with E-state index in [1.54, 1.807) is 6.08 Å². The van der Waals surface area contributed by atoms with Crippen LogP contribution in [0.15, 0.2) is 47.5 Å². The highest BCUT2D eigenvalue weighted by Gasteiger charge is 2.23. The summed E-state index contributed by atoms with van der Waals surface area (Å²) in [5, 5.41) is 3.05. The number of aromatic nitrogens is 1. The van der Waals surface area contributed by atoms with Gasteiger partial charge in [0.2, 0.25) is 11.7 Å². The lowest BCUT2D eigenvalue weighted by atomic mass is 9.95. The highest BCUT2D eigenvalue weighted by Crippen LogP contribution is 2.33. The van der Waals surface area contributed by atoms with Crippen LogP contribution in [-0.2, 0) is 4.79 Å². The van der Waals surface area contributed by atoms with Gasteiger partial charge in [0.05, 0.1) is 17.1 Å². The lowest BCUT2D eigenvalue weighted by Crippen LogP contribution is -2.28. The summed E-state index contributed by atoms with van der Waals surface area (Å²) in [6, 6.07) is 9.61. The van der Waals surface area contributed by atoms with E-state index in [9.17, 15) is 9.59 Å². The molecule has 1 aliphatic carbocycles. The first-order valence-electron chi connectivity index (χ1n) is 10.6. The number of anilines is 2. The van der Waals surface area contributed by atoms with E-state index in [1.165, 1.54) is 6.08 Å². The number of fused-ring (bicyclic) bond motifs is 1. The largest absolute Gasteiger partial charge is 0.372 e. The van der Waals surface area contributed by atoms with Crippen molar-refractivity contribution < 1.29 is 9.59 Å². The Labute approximate surface area is 184 Å². The number of allylic oxidation sites excluding steroid dienone is 2. The first-order chi connectivity index (χ1) is 14.6. The molecule has 6 heteroatoms. The van der Waals surface area contributed by atoms with Gasteiger partial charge in [0.25, 0.3) is 0 Å². The van der Waals surface area contributed by atoms with Crippen LogP contribution in [0.4, 0.5) is 17.1 Å². The fraction of sp³-hybridized carbons (Fsp3) is 0.360. The summed E-state index contributed by atoms with van der Waals surface area (Å²) in [6.07, 6.45) is 3.20. The van der Waals surface area contributed by atoms with Crippen LogP contribution in [0.2, 0.25) is 0 Å². The van der Waals surface area contributed by atoms with Crippen LogP contribution < -0.4 is 10.2 Å². The Bertz CT molecular complexity index is 1070. The topological polar surface area (TPSA) is 74.7 Å². The average molecular weight is 419 g/mol. The number of ketones is 1. The standard InChI is InChI=1S/C25H30N4O2/c1-7-29(8-2)17-10-12-20(21(15-17)28-24(31)25(4,5)6)27-19-13-14-22(30)23-18(19)11-9-16(3)26-23/h9-15H,7-8H2,1-6H3,(H,28,31). The number of carbonyl (C=O) groups is 2. The number of carbonyl (C=O) groups excluding carboxylic acids is 2. The highest BCUT2D eigenvalue weighted by molar-refractivity contribution is 6.23. The average Bonchev–Trinajstić information content (AvgIpc) is 2.72. The van der Waals surface area contributed by atoms with E-state index in [0.29, 0.717) is 28.3 Å². The van der Waals surface area contributed by atoms with E-state index in [-0.39, 0.29) is 11.7 Å². The maximum Gasteiger partial charge on any atom is 0.229 e. The molecule has 0 saturated heterocycles. The summed E-state index contributed by atoms with van der Waals surface area (Å²) >= 11 is 0. The van der Waals surface area contributed by atoms with Gasteiger partial charge >= 0.3 is 0 Å². The molecule has 0 saturated carbocycles. The van der Waals surface area contributed by atoms with E-state index in [1.807, 2.05) is 58.0 Å². The van der Waals surface area contributed by atoms with Gasteiger partial charge in [-0.25, -0.2) is 9.98 Å². The molecule has 0 radical (unpaired) electrons. The zero-order chi connectivity index (χ0) is 22.8. The molecular weight excluding hydrogens is 388 g/mol. The minimum absolute atomic E-state index is 0.0855. The number of nitrogens with zero attached hydrogens (tertiary/aromatic N) is 3. The molecule has 1 amide bonds. The molecule has 0 unspecified atom stereocenters. The van der Waals surface area contributed by atoms with Gasteiger partial charge in [-0.3, -0.25) is 9.59 Å². The highest BCUT2D eigenvalue weighted by atomic mass is 16.2. The predicted octanol–water partition coefficient (Wildman–Crippen LogP) is 5.09. The normalized spacial score (nSPS) is 14.5. The summed E-state index contributed by atoms with van der Waals surface area (Å²) in [4.78, 5) is 36.4. The second-order valence-electron chi connectivity index (χ2n) is 8.62. The van der Waals surface area contributed by atoms with Gasteiger partial charge in [-0.15, -0.1) is 0 Å². The summed E-state index contributed by atoms with van der Waals surface area (Å²) in [5.41, 5.74) is 4.27. The maximum atomic E-state index is 12.7. The van der Waals surface area contributed by atoms with Crippen molar-refractivity contribution in [2.24, 2.45) is 10.4 Å². The molecule has 3 rings (SSSR count). The van der Waals surface area contributed by atoms with Crippen molar-refractivity contribution >= 4 is 34.5 Å². The Kier molecular flexibility index (Phi) is 6.39. The van der Waals surface area contributed by atoms with Crippen LogP contribution in [0.25, 0.3) is 0 Å². The molecule has 1 heterocycles. The van der Waals surface area contributed by atoms with Crippen molar-refractivity contribution in [2.75, 3.05) is 23.3 Å². The molecule has 0 spiro atoms. The lowest BCUT2D eigenvalue weighted by Gasteiger charge is -2.24. The van der Waals surface area contributed by atoms with Crippen LogP contribution in [-0.4, -0.2) is 35.5 Å². The zero-order valence-electron chi connectivity index (χ0n) is 19.1. The molecule has 0 aliphatic heterocycles. The van der Waals surface area contributed by atoms with Gasteiger partial charge in [-0.1, -0.05) is 20.8 Å². The van der Waals surface area contributed by atoms with Crippen LogP contribution in [0.5, 0.6) is 0 Å². The molecule has 1 aliphatic rings. The molecule has 2 aromatic rings. The summed E-state index contributed by atoms with van der Waals surface area (Å²) in [5.74, 6) is -0.214. The Morgan fingerprint density at radius 1 is 1.10 bits per heavy atom. The third-order valence-corrected chi connectivity index (χ3v) is 5.22. The second kappa shape index (κ2) is 8.84. The van der Waals surface area contributed by atoms with E-state index in [4.69, 9.17) is 4.99 Å². The second-order valence-corrected chi connectivity index (χ2v) is 8.62. The lowest BCUT2D eigenvalue weighted by molar-refractivity contribution is -0.123. The number of hydrogen-bond donors (Lipinski definition) is 1. The van der Waals surface area contributed by atoms with Crippen LogP contribution >= 0.6 is 0 Å². The molecule has 0 fully saturated rings. The Morgan fingerprint density at radius 3 is 2.45 bits per heavy atom. The summed E-state index contributed by atoms with van der Waals surface area (Å²) in [6.45, 7) is 13.4. The minimum Gasteiger partial charge on any atom is -0.372 e. The smallest absolute Gasteiger partial charge is 0.229 e. The molecule has 31 heavy (non-hydrogen) atoms. The molecule has 1 N–H and O–H groups in total. The van der Waals surface area contributed by atoms with Gasteiger partial charge < -0.3 is 10.2 Å². The molecule has 0 bridgehead atoms. The van der Waals surface area contributed by atoms with Crippen molar-refractivity contribution in [3.8, 4) is 0 Å². The fourth-order valence-electron chi connectivity index (χ4n) is 3.32. The number of nitrogens with one attached hydrogen (secondary N) is 1. The van der Waals surface area contributed by atoms with Crippen molar-refractivity contribution in [1.29, 1.82) is 0 Å². The Morgan fingerprint density at radius 2 is 1.81 bits per heavy atom. The zero-order valence-corrected chi connectivity index (χ0v) is 19.1. The molecule has 1 aromatic carbocycles. The third kappa shape index (κ3) is 4.90. The molecular formula is C25H30N4O2. The quantitative estimate of drug-likeness (QED) is 0.733. The Balaban J connectivity index is 2.11. The molecule has 6 nitrogen and oxygen atoms in total. The van der Waals surface area contributed by atoms with Crippen molar-refractivity contribution in [3.05, 3.63) is 59.4 Å². The molecule has 0 atom stereocenters. The number of aliphatic imine (C=N–C) groups is 1. The first kappa shape index (κ1) is 22.4. The van der Waals surface area contributed by atoms with Gasteiger partial charge in [0.1, 0.15) is 5.69 Å². The van der Waals surface area contributed by atoms with Gasteiger partial charge in [-0.05, 0) is 63.3 Å². The van der Waals surface area contributed by atoms with E-state index >= 15 is 0 Å². The monoisotopic (exact) mass is 418 g/mol. The van der Waals surface area contributed by atoms with Crippen molar-refractivity contribution in [3.63, 3.8) is 0 Å². The predicted molar refractivity (Wildman–Crippen MR) is 127 cm³/mol. The summed E-state index contributed by atoms with van der Waals surface area (Å²) in [7, 11) is 0. The fourth-order valence-corrected chi connectivity index (χ4v) is 3.32. The number of hydrogen-bond acceptors (Lipinski definition) is 5. The van der Waals surface area contributed by atoms with E-state index < -0.39 is 5.41 Å². The number of benzene rings is 1. The Hall–Kier alpha value is -3.28. The van der Waals surface area contributed by atoms with Crippen LogP contribution in [0.1, 0.15) is 56.4 Å². The van der Waals surface area contributed by atoms with Gasteiger partial charge in [0.15, 0.2) is 0 Å². The van der Waals surface area contributed by atoms with Gasteiger partial charge in [-0.2, -0.15) is 0 Å². The van der Waals surface area contributed by atoms with Crippen LogP contribution in [0.3, 0.4) is 0 Å². The van der Waals surface area contributed by atoms with E-state index in [0.717, 1.165) is 24.5 Å². The molecule has 1 aromatic heterocycles. The number of pyridine rings is 1. The van der Waals surface area contributed by atoms with Crippen molar-refractivity contribution in [2.45, 2.75) is 41.5 Å². The third-order valence-electron chi connectivity index (χ3n) is 5.22. The van der Waals surface area contributed by atoms with Crippen LogP contribution in [0, 0.1) is 12.3 Å². The number of aryl methyl sites for hydroxylation is 1. The number of rotatable bonds is 5. The van der Waals surface area contributed by atoms with Crippen molar-refractivity contribution in [1.82, 2.24) is 4.98 Å². The van der Waals surface area contributed by atoms with E-state index in [2.05, 4.69) is 29.0 Å². The minimum atomic E-state index is -0.541. The molecule has 162 valence electrons. The maximum absolute atomic E-state index is 12.7. The SMILES string of the molecule is CCN(CC)c1ccc(N=C2C=CC(=O)c3nc(C)ccc32)c(NC(=O)C(C)(C)C)c1. The summed E-state index contributed by atoms with van der Waals surface area (Å²) < 4.78 is 0. The van der Waals surface area contributed by atoms with Gasteiger partial charge in [0, 0.05) is 35.4 Å².